The van der Waals surface area contributed by atoms with Gasteiger partial charge in [0, 0.05) is 6.54 Å². The average molecular weight is 710 g/mol. The van der Waals surface area contributed by atoms with E-state index in [0.717, 1.165) is 10.9 Å². The summed E-state index contributed by atoms with van der Waals surface area (Å²) in [7, 11) is 3.10. The molecule has 0 radical (unpaired) electrons. The van der Waals surface area contributed by atoms with Crippen molar-refractivity contribution in [2.75, 3.05) is 32.7 Å². The molecular formula is C36H38F3N5O7. The summed E-state index contributed by atoms with van der Waals surface area (Å²) >= 11 is 0. The van der Waals surface area contributed by atoms with E-state index in [1.54, 1.807) is 38.5 Å². The smallest absolute Gasteiger partial charge is 0.497 e. The number of methoxy groups -OCH3 is 2. The molecule has 0 saturated carbocycles. The fourth-order valence-corrected chi connectivity index (χ4v) is 6.14. The summed E-state index contributed by atoms with van der Waals surface area (Å²) in [6, 6.07) is 23.6. The van der Waals surface area contributed by atoms with Crippen LogP contribution in [0.15, 0.2) is 90.0 Å². The van der Waals surface area contributed by atoms with Crippen molar-refractivity contribution < 1.29 is 42.0 Å². The van der Waals surface area contributed by atoms with Crippen molar-refractivity contribution in [1.29, 1.82) is 0 Å². The predicted octanol–water partition coefficient (Wildman–Crippen LogP) is 5.38. The molecule has 270 valence electrons. The molecule has 12 nitrogen and oxygen atoms in total. The van der Waals surface area contributed by atoms with E-state index in [4.69, 9.17) is 18.9 Å². The molecule has 1 unspecified atom stereocenters. The molecular weight excluding hydrogens is 671 g/mol. The third-order valence-electron chi connectivity index (χ3n) is 8.60. The van der Waals surface area contributed by atoms with Crippen LogP contribution in [-0.4, -0.2) is 76.7 Å². The van der Waals surface area contributed by atoms with Crippen LogP contribution in [-0.2, 0) is 19.8 Å². The number of halogens is 3. The Morgan fingerprint density at radius 3 is 2.08 bits per heavy atom. The minimum atomic E-state index is -5.14. The zero-order valence-corrected chi connectivity index (χ0v) is 28.3. The highest BCUT2D eigenvalue weighted by molar-refractivity contribution is 5.71. The van der Waals surface area contributed by atoms with Gasteiger partial charge in [-0.2, -0.15) is 4.98 Å². The van der Waals surface area contributed by atoms with Crippen LogP contribution in [0.25, 0.3) is 11.2 Å². The van der Waals surface area contributed by atoms with Crippen LogP contribution in [0.1, 0.15) is 36.8 Å². The molecule has 4 atom stereocenters. The van der Waals surface area contributed by atoms with Crippen LogP contribution >= 0.6 is 0 Å². The summed E-state index contributed by atoms with van der Waals surface area (Å²) in [4.78, 5) is 23.9. The molecule has 3 heterocycles. The summed E-state index contributed by atoms with van der Waals surface area (Å²) in [6.07, 6.45) is -10.8. The standard InChI is InChI=1S/C36H38F3N5O7/c1-21(2)18-40-34-42-31-28(32(46)43-34)41-20-44(31)33-30(51-36(37,38)39)29(45)27(50-33)19-49-35(22-8-6-5-7-9-22,23-10-14-25(47-3)15-11-23)24-12-16-26(48-4)17-13-24/h5-17,20-21,27,29-30,33,45H,18-19H2,1-4H3,(H2,40,42,43,46)/t27-,29+,30?,33-/m1/s1. The van der Waals surface area contributed by atoms with Gasteiger partial charge in [0.25, 0.3) is 5.56 Å². The van der Waals surface area contributed by atoms with Gasteiger partial charge in [0.15, 0.2) is 17.4 Å². The minimum Gasteiger partial charge on any atom is -0.497 e. The number of anilines is 1. The lowest BCUT2D eigenvalue weighted by Gasteiger charge is -2.37. The predicted molar refractivity (Wildman–Crippen MR) is 181 cm³/mol. The average Bonchev–Trinajstić information content (AvgIpc) is 3.68. The molecule has 0 bridgehead atoms. The third kappa shape index (κ3) is 7.42. The van der Waals surface area contributed by atoms with Gasteiger partial charge in [0.2, 0.25) is 5.95 Å². The van der Waals surface area contributed by atoms with Crippen LogP contribution in [0.3, 0.4) is 0 Å². The number of hydrogen-bond acceptors (Lipinski definition) is 10. The highest BCUT2D eigenvalue weighted by atomic mass is 19.4. The van der Waals surface area contributed by atoms with Crippen LogP contribution in [0, 0.1) is 5.92 Å². The van der Waals surface area contributed by atoms with Crippen molar-refractivity contribution in [1.82, 2.24) is 19.5 Å². The Morgan fingerprint density at radius 2 is 1.53 bits per heavy atom. The number of aromatic nitrogens is 4. The summed E-state index contributed by atoms with van der Waals surface area (Å²) in [5.74, 6) is 1.50. The number of aromatic amines is 1. The Morgan fingerprint density at radius 1 is 0.941 bits per heavy atom. The van der Waals surface area contributed by atoms with Gasteiger partial charge in [-0.05, 0) is 46.9 Å². The van der Waals surface area contributed by atoms with Crippen molar-refractivity contribution in [3.05, 3.63) is 112 Å². The van der Waals surface area contributed by atoms with Gasteiger partial charge in [-0.3, -0.25) is 19.1 Å². The van der Waals surface area contributed by atoms with E-state index in [1.165, 1.54) is 0 Å². The highest BCUT2D eigenvalue weighted by Gasteiger charge is 2.52. The maximum absolute atomic E-state index is 13.9. The Bertz CT molecular complexity index is 1920. The number of ether oxygens (including phenoxy) is 5. The first-order valence-corrected chi connectivity index (χ1v) is 16.2. The second kappa shape index (κ2) is 14.7. The maximum Gasteiger partial charge on any atom is 0.523 e. The van der Waals surface area contributed by atoms with Crippen LogP contribution in [0.2, 0.25) is 0 Å². The molecule has 6 rings (SSSR count). The van der Waals surface area contributed by atoms with Gasteiger partial charge < -0.3 is 29.4 Å². The first kappa shape index (κ1) is 35.9. The number of aliphatic hydroxyl groups is 1. The van der Waals surface area contributed by atoms with Gasteiger partial charge in [-0.25, -0.2) is 4.98 Å². The van der Waals surface area contributed by atoms with E-state index in [2.05, 4.69) is 25.0 Å². The summed E-state index contributed by atoms with van der Waals surface area (Å²) in [6.45, 7) is 3.98. The number of benzene rings is 3. The molecule has 3 N–H and O–H groups in total. The zero-order chi connectivity index (χ0) is 36.3. The lowest BCUT2D eigenvalue weighted by atomic mass is 9.80. The van der Waals surface area contributed by atoms with Gasteiger partial charge in [-0.15, -0.1) is 13.2 Å². The molecule has 0 aliphatic carbocycles. The van der Waals surface area contributed by atoms with E-state index in [0.29, 0.717) is 34.7 Å². The molecule has 2 aromatic heterocycles. The fraction of sp³-hybridized carbons (Fsp3) is 0.361. The normalized spacial score (nSPS) is 19.5. The van der Waals surface area contributed by atoms with Crippen molar-refractivity contribution in [3.8, 4) is 11.5 Å². The molecule has 15 heteroatoms. The molecule has 51 heavy (non-hydrogen) atoms. The molecule has 1 saturated heterocycles. The van der Waals surface area contributed by atoms with Gasteiger partial charge in [0.05, 0.1) is 27.2 Å². The van der Waals surface area contributed by atoms with Crippen molar-refractivity contribution in [2.45, 2.75) is 50.4 Å². The van der Waals surface area contributed by atoms with Gasteiger partial charge in [0.1, 0.15) is 35.4 Å². The fourth-order valence-electron chi connectivity index (χ4n) is 6.14. The molecule has 0 spiro atoms. The van der Waals surface area contributed by atoms with E-state index in [1.807, 2.05) is 68.4 Å². The number of alkyl halides is 3. The Balaban J connectivity index is 1.41. The van der Waals surface area contributed by atoms with Crippen molar-refractivity contribution in [2.24, 2.45) is 5.92 Å². The number of rotatable bonds is 13. The van der Waals surface area contributed by atoms with Gasteiger partial charge in [-0.1, -0.05) is 68.4 Å². The topological polar surface area (TPSA) is 142 Å². The minimum absolute atomic E-state index is 0.0605. The number of H-pyrrole nitrogens is 1. The van der Waals surface area contributed by atoms with Gasteiger partial charge >= 0.3 is 6.36 Å². The first-order valence-electron chi connectivity index (χ1n) is 16.2. The van der Waals surface area contributed by atoms with Crippen molar-refractivity contribution >= 4 is 17.1 Å². The number of hydrogen-bond donors (Lipinski definition) is 3. The van der Waals surface area contributed by atoms with Crippen LogP contribution < -0.4 is 20.3 Å². The Kier molecular flexibility index (Phi) is 10.3. The summed E-state index contributed by atoms with van der Waals surface area (Å²) in [5, 5.41) is 14.5. The number of imidazole rings is 1. The molecule has 5 aromatic rings. The second-order valence-corrected chi connectivity index (χ2v) is 12.4. The Hall–Kier alpha value is -4.96. The SMILES string of the molecule is COc1ccc(C(OC[C@H]2O[C@@H](n3cnc4c(=O)[nH]c(NCC(C)C)nc43)C(OC(F)(F)F)[C@H]2O)(c2ccccc2)c2ccc(OC)cc2)cc1. The van der Waals surface area contributed by atoms with E-state index in [9.17, 15) is 23.1 Å². The molecule has 3 aromatic carbocycles. The Labute approximate surface area is 291 Å². The number of fused-ring (bicyclic) bond motifs is 1. The third-order valence-corrected chi connectivity index (χ3v) is 8.60. The van der Waals surface area contributed by atoms with Crippen LogP contribution in [0.4, 0.5) is 19.1 Å². The first-order chi connectivity index (χ1) is 24.4. The zero-order valence-electron chi connectivity index (χ0n) is 28.3. The number of nitrogens with one attached hydrogen (secondary N) is 2. The molecule has 0 amide bonds. The quantitative estimate of drug-likeness (QED) is 0.137. The van der Waals surface area contributed by atoms with Crippen LogP contribution in [0.5, 0.6) is 11.5 Å². The van der Waals surface area contributed by atoms with E-state index in [-0.39, 0.29) is 23.0 Å². The van der Waals surface area contributed by atoms with E-state index < -0.39 is 48.7 Å². The van der Waals surface area contributed by atoms with Crippen molar-refractivity contribution in [3.63, 3.8) is 0 Å². The maximum atomic E-state index is 13.9. The molecule has 1 aliphatic heterocycles. The second-order valence-electron chi connectivity index (χ2n) is 12.4. The summed E-state index contributed by atoms with van der Waals surface area (Å²) < 4.78 is 70.9. The largest absolute Gasteiger partial charge is 0.523 e. The lowest BCUT2D eigenvalue weighted by Crippen LogP contribution is -2.41. The number of nitrogens with zero attached hydrogens (tertiary/aromatic N) is 3. The number of aliphatic hydroxyl groups excluding tert-OH is 1. The highest BCUT2D eigenvalue weighted by Crippen LogP contribution is 2.44. The lowest BCUT2D eigenvalue weighted by molar-refractivity contribution is -0.355. The summed E-state index contributed by atoms with van der Waals surface area (Å²) in [5.41, 5.74) is -0.129. The monoisotopic (exact) mass is 709 g/mol. The van der Waals surface area contributed by atoms with E-state index >= 15 is 0 Å². The molecule has 1 aliphatic rings. The molecule has 1 fully saturated rings.